The van der Waals surface area contributed by atoms with Crippen LogP contribution in [0.4, 0.5) is 0 Å². The SMILES string of the molecule is N#CCCNC(=O)COc1ccc2c(c1)OCC2O. The van der Waals surface area contributed by atoms with Crippen molar-refractivity contribution in [1.82, 2.24) is 5.32 Å². The van der Waals surface area contributed by atoms with Gasteiger partial charge in [-0.2, -0.15) is 5.26 Å². The molecule has 0 saturated carbocycles. The molecule has 6 nitrogen and oxygen atoms in total. The summed E-state index contributed by atoms with van der Waals surface area (Å²) in [6.07, 6.45) is -0.325. The maximum Gasteiger partial charge on any atom is 0.257 e. The summed E-state index contributed by atoms with van der Waals surface area (Å²) in [5.74, 6) is 0.801. The van der Waals surface area contributed by atoms with E-state index in [1.165, 1.54) is 0 Å². The monoisotopic (exact) mass is 262 g/mol. The molecule has 1 amide bonds. The molecule has 2 N–H and O–H groups in total. The molecule has 1 aromatic carbocycles. The normalized spacial score (nSPS) is 16.1. The number of nitriles is 1. The Kier molecular flexibility index (Phi) is 4.21. The van der Waals surface area contributed by atoms with Crippen LogP contribution in [0.5, 0.6) is 11.5 Å². The molecule has 100 valence electrons. The van der Waals surface area contributed by atoms with Crippen LogP contribution in [0.2, 0.25) is 0 Å². The first-order valence-corrected chi connectivity index (χ1v) is 5.92. The minimum atomic E-state index is -0.599. The number of aliphatic hydroxyl groups excluding tert-OH is 1. The number of hydrogen-bond donors (Lipinski definition) is 2. The summed E-state index contributed by atoms with van der Waals surface area (Å²) in [5.41, 5.74) is 0.728. The summed E-state index contributed by atoms with van der Waals surface area (Å²) in [6, 6.07) is 6.98. The average molecular weight is 262 g/mol. The number of carbonyl (C=O) groups excluding carboxylic acids is 1. The Bertz CT molecular complexity index is 510. The lowest BCUT2D eigenvalue weighted by molar-refractivity contribution is -0.123. The van der Waals surface area contributed by atoms with Crippen LogP contribution >= 0.6 is 0 Å². The molecule has 1 unspecified atom stereocenters. The number of amides is 1. The molecule has 0 fully saturated rings. The minimum Gasteiger partial charge on any atom is -0.490 e. The molecule has 1 aromatic rings. The van der Waals surface area contributed by atoms with Gasteiger partial charge < -0.3 is 19.9 Å². The van der Waals surface area contributed by atoms with E-state index in [0.29, 0.717) is 18.0 Å². The van der Waals surface area contributed by atoms with Gasteiger partial charge in [0.05, 0.1) is 12.5 Å². The lowest BCUT2D eigenvalue weighted by Gasteiger charge is -2.08. The topological polar surface area (TPSA) is 91.6 Å². The maximum atomic E-state index is 11.4. The fourth-order valence-corrected chi connectivity index (χ4v) is 1.72. The van der Waals surface area contributed by atoms with Gasteiger partial charge in [-0.1, -0.05) is 0 Å². The number of hydrogen-bond acceptors (Lipinski definition) is 5. The Morgan fingerprint density at radius 2 is 2.47 bits per heavy atom. The highest BCUT2D eigenvalue weighted by Crippen LogP contribution is 2.34. The highest BCUT2D eigenvalue weighted by Gasteiger charge is 2.22. The highest BCUT2D eigenvalue weighted by molar-refractivity contribution is 5.77. The summed E-state index contributed by atoms with van der Waals surface area (Å²) in [4.78, 5) is 11.4. The van der Waals surface area contributed by atoms with Gasteiger partial charge in [-0.25, -0.2) is 0 Å². The molecule has 19 heavy (non-hydrogen) atoms. The first-order chi connectivity index (χ1) is 9.20. The Hall–Kier alpha value is -2.26. The van der Waals surface area contributed by atoms with Crippen LogP contribution in [0, 0.1) is 11.3 Å². The van der Waals surface area contributed by atoms with Crippen molar-refractivity contribution < 1.29 is 19.4 Å². The van der Waals surface area contributed by atoms with E-state index < -0.39 is 6.10 Å². The van der Waals surface area contributed by atoms with Crippen molar-refractivity contribution in [3.63, 3.8) is 0 Å². The van der Waals surface area contributed by atoms with Gasteiger partial charge in [0, 0.05) is 18.2 Å². The summed E-state index contributed by atoms with van der Waals surface area (Å²) >= 11 is 0. The molecule has 0 aliphatic carbocycles. The second-order valence-corrected chi connectivity index (χ2v) is 4.07. The fraction of sp³-hybridized carbons (Fsp3) is 0.385. The van der Waals surface area contributed by atoms with E-state index >= 15 is 0 Å². The van der Waals surface area contributed by atoms with Crippen molar-refractivity contribution in [3.05, 3.63) is 23.8 Å². The molecule has 0 radical (unpaired) electrons. The van der Waals surface area contributed by atoms with Gasteiger partial charge in [0.15, 0.2) is 6.61 Å². The van der Waals surface area contributed by atoms with Crippen LogP contribution in [-0.4, -0.2) is 30.8 Å². The molecule has 2 rings (SSSR count). The van der Waals surface area contributed by atoms with Gasteiger partial charge in [0.2, 0.25) is 0 Å². The molecule has 0 spiro atoms. The van der Waals surface area contributed by atoms with E-state index in [1.54, 1.807) is 18.2 Å². The van der Waals surface area contributed by atoms with E-state index in [2.05, 4.69) is 5.32 Å². The Morgan fingerprint density at radius 1 is 1.63 bits per heavy atom. The van der Waals surface area contributed by atoms with Crippen molar-refractivity contribution in [1.29, 1.82) is 5.26 Å². The standard InChI is InChI=1S/C13H14N2O4/c14-4-1-5-15-13(17)8-18-9-2-3-10-11(16)7-19-12(10)6-9/h2-3,6,11,16H,1,5,7-8H2,(H,15,17). The quantitative estimate of drug-likeness (QED) is 0.755. The second-order valence-electron chi connectivity index (χ2n) is 4.07. The van der Waals surface area contributed by atoms with Gasteiger partial charge in [-0.05, 0) is 12.1 Å². The Balaban J connectivity index is 1.84. The number of nitrogens with zero attached hydrogens (tertiary/aromatic N) is 1. The van der Waals surface area contributed by atoms with Gasteiger partial charge in [0.25, 0.3) is 5.91 Å². The maximum absolute atomic E-state index is 11.4. The molecule has 0 bridgehead atoms. The third kappa shape index (κ3) is 3.36. The van der Waals surface area contributed by atoms with Crippen molar-refractivity contribution in [2.75, 3.05) is 19.8 Å². The van der Waals surface area contributed by atoms with Gasteiger partial charge in [-0.3, -0.25) is 4.79 Å². The van der Waals surface area contributed by atoms with Gasteiger partial charge in [-0.15, -0.1) is 0 Å². The fourth-order valence-electron chi connectivity index (χ4n) is 1.72. The van der Waals surface area contributed by atoms with Crippen molar-refractivity contribution in [3.8, 4) is 17.6 Å². The third-order valence-corrected chi connectivity index (χ3v) is 2.67. The molecule has 0 saturated heterocycles. The smallest absolute Gasteiger partial charge is 0.257 e. The number of aliphatic hydroxyl groups is 1. The zero-order valence-corrected chi connectivity index (χ0v) is 10.3. The number of benzene rings is 1. The zero-order valence-electron chi connectivity index (χ0n) is 10.3. The summed E-state index contributed by atoms with van der Waals surface area (Å²) in [6.45, 7) is 0.443. The molecule has 1 aliphatic rings. The highest BCUT2D eigenvalue weighted by atomic mass is 16.5. The lowest BCUT2D eigenvalue weighted by Crippen LogP contribution is -2.29. The number of ether oxygens (including phenoxy) is 2. The summed E-state index contributed by atoms with van der Waals surface area (Å²) < 4.78 is 10.6. The van der Waals surface area contributed by atoms with Crippen molar-refractivity contribution >= 4 is 5.91 Å². The predicted octanol–water partition coefficient (Wildman–Crippen LogP) is 0.521. The van der Waals surface area contributed by atoms with Gasteiger partial charge >= 0.3 is 0 Å². The van der Waals surface area contributed by atoms with E-state index in [4.69, 9.17) is 14.7 Å². The second kappa shape index (κ2) is 6.07. The Morgan fingerprint density at radius 3 is 3.26 bits per heavy atom. The van der Waals surface area contributed by atoms with Crippen LogP contribution in [0.1, 0.15) is 18.1 Å². The predicted molar refractivity (Wildman–Crippen MR) is 65.6 cm³/mol. The Labute approximate surface area is 110 Å². The van der Waals surface area contributed by atoms with E-state index in [9.17, 15) is 9.90 Å². The van der Waals surface area contributed by atoms with Crippen LogP contribution in [0.3, 0.4) is 0 Å². The first kappa shape index (κ1) is 13.2. The van der Waals surface area contributed by atoms with Crippen LogP contribution in [0.15, 0.2) is 18.2 Å². The molecular weight excluding hydrogens is 248 g/mol. The average Bonchev–Trinajstić information content (AvgIpc) is 2.78. The zero-order chi connectivity index (χ0) is 13.7. The first-order valence-electron chi connectivity index (χ1n) is 5.92. The molecule has 1 heterocycles. The molecular formula is C13H14N2O4. The largest absolute Gasteiger partial charge is 0.490 e. The van der Waals surface area contributed by atoms with E-state index in [1.807, 2.05) is 6.07 Å². The molecule has 0 aromatic heterocycles. The summed E-state index contributed by atoms with van der Waals surface area (Å²) in [5, 5.41) is 20.4. The number of nitrogens with one attached hydrogen (secondary N) is 1. The van der Waals surface area contributed by atoms with Crippen molar-refractivity contribution in [2.45, 2.75) is 12.5 Å². The van der Waals surface area contributed by atoms with Gasteiger partial charge in [0.1, 0.15) is 24.2 Å². The lowest BCUT2D eigenvalue weighted by atomic mass is 10.1. The molecule has 1 atom stereocenters. The number of rotatable bonds is 5. The minimum absolute atomic E-state index is 0.118. The van der Waals surface area contributed by atoms with Crippen molar-refractivity contribution in [2.24, 2.45) is 0 Å². The molecule has 1 aliphatic heterocycles. The van der Waals surface area contributed by atoms with Crippen LogP contribution in [0.25, 0.3) is 0 Å². The van der Waals surface area contributed by atoms with E-state index in [0.717, 1.165) is 5.56 Å². The van der Waals surface area contributed by atoms with Crippen LogP contribution in [-0.2, 0) is 4.79 Å². The summed E-state index contributed by atoms with van der Waals surface area (Å²) in [7, 11) is 0. The number of carbonyl (C=O) groups is 1. The third-order valence-electron chi connectivity index (χ3n) is 2.67. The van der Waals surface area contributed by atoms with E-state index in [-0.39, 0.29) is 25.5 Å². The number of fused-ring (bicyclic) bond motifs is 1. The van der Waals surface area contributed by atoms with Crippen LogP contribution < -0.4 is 14.8 Å². The molecule has 6 heteroatoms.